The maximum absolute atomic E-state index is 11.6. The molecule has 6 nitrogen and oxygen atoms in total. The van der Waals surface area contributed by atoms with Gasteiger partial charge in [0.05, 0.1) is 12.8 Å². The molecule has 0 aliphatic heterocycles. The van der Waals surface area contributed by atoms with Crippen LogP contribution in [0.1, 0.15) is 27.2 Å². The fourth-order valence-electron chi connectivity index (χ4n) is 1.50. The lowest BCUT2D eigenvalue weighted by atomic mass is 10.1. The second-order valence-electron chi connectivity index (χ2n) is 5.27. The molecule has 0 radical (unpaired) electrons. The molecule has 19 heavy (non-hydrogen) atoms. The van der Waals surface area contributed by atoms with Crippen LogP contribution in [0.3, 0.4) is 0 Å². The van der Waals surface area contributed by atoms with E-state index < -0.39 is 0 Å². The zero-order valence-corrected chi connectivity index (χ0v) is 11.9. The van der Waals surface area contributed by atoms with Gasteiger partial charge < -0.3 is 21.1 Å². The molecule has 0 aliphatic rings. The van der Waals surface area contributed by atoms with Gasteiger partial charge in [-0.25, -0.2) is 0 Å². The number of anilines is 2. The summed E-state index contributed by atoms with van der Waals surface area (Å²) in [6.45, 7) is 6.35. The summed E-state index contributed by atoms with van der Waals surface area (Å²) < 4.78 is 5.02. The van der Waals surface area contributed by atoms with Crippen LogP contribution in [0, 0.1) is 0 Å². The molecule has 1 rings (SSSR count). The van der Waals surface area contributed by atoms with Gasteiger partial charge in [0.25, 0.3) is 0 Å². The maximum atomic E-state index is 11.6. The highest BCUT2D eigenvalue weighted by Gasteiger charge is 2.13. The largest absolute Gasteiger partial charge is 0.479 e. The Hall–Kier alpha value is -1.98. The number of amides is 1. The van der Waals surface area contributed by atoms with Crippen molar-refractivity contribution in [3.8, 4) is 5.88 Å². The minimum Gasteiger partial charge on any atom is -0.479 e. The summed E-state index contributed by atoms with van der Waals surface area (Å²) >= 11 is 0. The third-order valence-corrected chi connectivity index (χ3v) is 2.26. The molecule has 4 N–H and O–H groups in total. The molecule has 0 aromatic carbocycles. The van der Waals surface area contributed by atoms with Crippen molar-refractivity contribution in [3.05, 3.63) is 12.1 Å². The first-order valence-electron chi connectivity index (χ1n) is 6.17. The van der Waals surface area contributed by atoms with Crippen molar-refractivity contribution in [2.45, 2.75) is 32.7 Å². The zero-order chi connectivity index (χ0) is 14.5. The number of nitrogens with zero attached hydrogens (tertiary/aromatic N) is 1. The molecule has 0 saturated heterocycles. The second kappa shape index (κ2) is 6.26. The van der Waals surface area contributed by atoms with E-state index in [2.05, 4.69) is 15.6 Å². The number of carbonyl (C=O) groups excluding carboxylic acids is 1. The number of nitrogens with one attached hydrogen (secondary N) is 2. The summed E-state index contributed by atoms with van der Waals surface area (Å²) in [4.78, 5) is 15.8. The standard InChI is InChI=1S/C13H22N4O2/c1-13(2,3)17-11(18)7-8-15-10-6-5-9(14)12(16-10)19-4/h5-6H,7-8,14H2,1-4H3,(H,15,16)(H,17,18). The molecule has 1 heterocycles. The molecule has 0 aliphatic carbocycles. The van der Waals surface area contributed by atoms with Gasteiger partial charge in [0.15, 0.2) is 0 Å². The third-order valence-electron chi connectivity index (χ3n) is 2.26. The fourth-order valence-corrected chi connectivity index (χ4v) is 1.50. The molecule has 0 spiro atoms. The number of carbonyl (C=O) groups is 1. The van der Waals surface area contributed by atoms with Gasteiger partial charge in [-0.15, -0.1) is 0 Å². The fraction of sp³-hybridized carbons (Fsp3) is 0.538. The van der Waals surface area contributed by atoms with Crippen LogP contribution in [0.15, 0.2) is 12.1 Å². The number of methoxy groups -OCH3 is 1. The minimum absolute atomic E-state index is 0.00223. The minimum atomic E-state index is -0.209. The number of nitrogen functional groups attached to an aromatic ring is 1. The van der Waals surface area contributed by atoms with Gasteiger partial charge in [-0.1, -0.05) is 0 Å². The Balaban J connectivity index is 2.43. The van der Waals surface area contributed by atoms with E-state index in [1.54, 1.807) is 12.1 Å². The Morgan fingerprint density at radius 3 is 2.68 bits per heavy atom. The first kappa shape index (κ1) is 15.1. The van der Waals surface area contributed by atoms with Gasteiger partial charge in [0.1, 0.15) is 5.82 Å². The van der Waals surface area contributed by atoms with Crippen LogP contribution in [-0.2, 0) is 4.79 Å². The third kappa shape index (κ3) is 5.46. The molecule has 0 unspecified atom stereocenters. The number of hydrogen-bond donors (Lipinski definition) is 3. The molecule has 1 aromatic rings. The summed E-state index contributed by atoms with van der Waals surface area (Å²) in [7, 11) is 1.51. The van der Waals surface area contributed by atoms with E-state index in [-0.39, 0.29) is 11.4 Å². The van der Waals surface area contributed by atoms with Crippen molar-refractivity contribution in [1.29, 1.82) is 0 Å². The zero-order valence-electron chi connectivity index (χ0n) is 11.9. The predicted molar refractivity (Wildman–Crippen MR) is 76.2 cm³/mol. The topological polar surface area (TPSA) is 89.3 Å². The molecule has 106 valence electrons. The monoisotopic (exact) mass is 266 g/mol. The van der Waals surface area contributed by atoms with Crippen LogP contribution in [-0.4, -0.2) is 30.1 Å². The van der Waals surface area contributed by atoms with Crippen LogP contribution in [0.5, 0.6) is 5.88 Å². The van der Waals surface area contributed by atoms with E-state index in [0.717, 1.165) is 0 Å². The number of ether oxygens (including phenoxy) is 1. The van der Waals surface area contributed by atoms with Crippen molar-refractivity contribution in [2.24, 2.45) is 0 Å². The first-order chi connectivity index (χ1) is 8.81. The van der Waals surface area contributed by atoms with Crippen molar-refractivity contribution in [2.75, 3.05) is 24.7 Å². The van der Waals surface area contributed by atoms with E-state index in [4.69, 9.17) is 10.5 Å². The van der Waals surface area contributed by atoms with Gasteiger partial charge in [-0.05, 0) is 32.9 Å². The molecular formula is C13H22N4O2. The molecule has 0 bridgehead atoms. The molecule has 1 amide bonds. The van der Waals surface area contributed by atoms with E-state index in [0.29, 0.717) is 30.4 Å². The SMILES string of the molecule is COc1nc(NCCC(=O)NC(C)(C)C)ccc1N. The van der Waals surface area contributed by atoms with Gasteiger partial charge in [0.2, 0.25) is 11.8 Å². The van der Waals surface area contributed by atoms with Crippen molar-refractivity contribution < 1.29 is 9.53 Å². The van der Waals surface area contributed by atoms with Crippen LogP contribution >= 0.6 is 0 Å². The Labute approximate surface area is 113 Å². The molecule has 6 heteroatoms. The van der Waals surface area contributed by atoms with Crippen LogP contribution in [0.2, 0.25) is 0 Å². The summed E-state index contributed by atoms with van der Waals surface area (Å²) in [6, 6.07) is 3.46. The Morgan fingerprint density at radius 2 is 2.11 bits per heavy atom. The van der Waals surface area contributed by atoms with Crippen LogP contribution in [0.4, 0.5) is 11.5 Å². The first-order valence-corrected chi connectivity index (χ1v) is 6.17. The molecule has 0 atom stereocenters. The van der Waals surface area contributed by atoms with Gasteiger partial charge >= 0.3 is 0 Å². The lowest BCUT2D eigenvalue weighted by Crippen LogP contribution is -2.41. The summed E-state index contributed by atoms with van der Waals surface area (Å²) in [5, 5.41) is 5.95. The van der Waals surface area contributed by atoms with Crippen molar-refractivity contribution in [3.63, 3.8) is 0 Å². The quantitative estimate of drug-likeness (QED) is 0.749. The smallest absolute Gasteiger partial charge is 0.238 e. The highest BCUT2D eigenvalue weighted by Crippen LogP contribution is 2.19. The number of hydrogen-bond acceptors (Lipinski definition) is 5. The molecule has 0 fully saturated rings. The van der Waals surface area contributed by atoms with E-state index in [9.17, 15) is 4.79 Å². The highest BCUT2D eigenvalue weighted by atomic mass is 16.5. The average molecular weight is 266 g/mol. The number of aromatic nitrogens is 1. The Morgan fingerprint density at radius 1 is 1.42 bits per heavy atom. The van der Waals surface area contributed by atoms with Crippen molar-refractivity contribution >= 4 is 17.4 Å². The summed E-state index contributed by atoms with van der Waals surface area (Å²) in [5.41, 5.74) is 5.94. The molecular weight excluding hydrogens is 244 g/mol. The Bertz CT molecular complexity index is 441. The highest BCUT2D eigenvalue weighted by molar-refractivity contribution is 5.77. The number of nitrogens with two attached hydrogens (primary N) is 1. The van der Waals surface area contributed by atoms with E-state index in [1.807, 2.05) is 20.8 Å². The summed E-state index contributed by atoms with van der Waals surface area (Å²) in [6.07, 6.45) is 0.381. The molecule has 0 saturated carbocycles. The summed E-state index contributed by atoms with van der Waals surface area (Å²) in [5.74, 6) is 1.01. The predicted octanol–water partition coefficient (Wildman–Crippen LogP) is 1.39. The number of rotatable bonds is 5. The van der Waals surface area contributed by atoms with Crippen molar-refractivity contribution in [1.82, 2.24) is 10.3 Å². The maximum Gasteiger partial charge on any atom is 0.238 e. The van der Waals surface area contributed by atoms with Crippen LogP contribution in [0.25, 0.3) is 0 Å². The normalized spacial score (nSPS) is 10.9. The average Bonchev–Trinajstić information content (AvgIpc) is 2.29. The van der Waals surface area contributed by atoms with Gasteiger partial charge in [-0.2, -0.15) is 4.98 Å². The van der Waals surface area contributed by atoms with Gasteiger partial charge in [-0.3, -0.25) is 4.79 Å². The Kier molecular flexibility index (Phi) is 4.97. The lowest BCUT2D eigenvalue weighted by molar-refractivity contribution is -0.122. The van der Waals surface area contributed by atoms with Crippen LogP contribution < -0.4 is 21.1 Å². The lowest BCUT2D eigenvalue weighted by Gasteiger charge is -2.20. The van der Waals surface area contributed by atoms with Gasteiger partial charge in [0, 0.05) is 18.5 Å². The number of pyridine rings is 1. The van der Waals surface area contributed by atoms with E-state index >= 15 is 0 Å². The molecule has 1 aromatic heterocycles. The second-order valence-corrected chi connectivity index (χ2v) is 5.27. The van der Waals surface area contributed by atoms with E-state index in [1.165, 1.54) is 7.11 Å².